The minimum Gasteiger partial charge on any atom is -0.399 e. The van der Waals surface area contributed by atoms with Crippen LogP contribution >= 0.6 is 0 Å². The van der Waals surface area contributed by atoms with Gasteiger partial charge in [0, 0.05) is 30.9 Å². The highest BCUT2D eigenvalue weighted by Gasteiger charge is 2.27. The summed E-state index contributed by atoms with van der Waals surface area (Å²) in [6.07, 6.45) is 5.71. The van der Waals surface area contributed by atoms with Gasteiger partial charge in [0.25, 0.3) is 0 Å². The first-order valence-corrected chi connectivity index (χ1v) is 7.05. The molecule has 0 bridgehead atoms. The molecule has 0 spiro atoms. The van der Waals surface area contributed by atoms with Crippen LogP contribution in [0.1, 0.15) is 18.4 Å². The van der Waals surface area contributed by atoms with E-state index in [1.807, 2.05) is 49.3 Å². The van der Waals surface area contributed by atoms with Crippen LogP contribution in [0.2, 0.25) is 0 Å². The van der Waals surface area contributed by atoms with E-state index in [0.717, 1.165) is 37.2 Å². The monoisotopic (exact) mass is 273 g/mol. The molecule has 2 N–H and O–H groups in total. The van der Waals surface area contributed by atoms with E-state index in [9.17, 15) is 4.79 Å². The van der Waals surface area contributed by atoms with Gasteiger partial charge in [-0.2, -0.15) is 0 Å². The molecule has 0 saturated carbocycles. The third-order valence-electron chi connectivity index (χ3n) is 3.59. The highest BCUT2D eigenvalue weighted by Crippen LogP contribution is 2.18. The first-order valence-electron chi connectivity index (χ1n) is 7.05. The molecule has 1 unspecified atom stereocenters. The molecule has 1 aliphatic heterocycles. The van der Waals surface area contributed by atoms with E-state index >= 15 is 0 Å². The van der Waals surface area contributed by atoms with Gasteiger partial charge < -0.3 is 15.5 Å². The Bertz CT molecular complexity index is 479. The van der Waals surface area contributed by atoms with Crippen LogP contribution in [0.5, 0.6) is 0 Å². The first kappa shape index (κ1) is 14.6. The maximum absolute atomic E-state index is 12.3. The fraction of sp³-hybridized carbons (Fsp3) is 0.438. The number of hydrogen-bond acceptors (Lipinski definition) is 3. The number of nitrogens with two attached hydrogens (primary N) is 1. The fourth-order valence-electron chi connectivity index (χ4n) is 2.61. The van der Waals surface area contributed by atoms with Gasteiger partial charge in [0.15, 0.2) is 0 Å². The van der Waals surface area contributed by atoms with Crippen molar-refractivity contribution in [3.63, 3.8) is 0 Å². The number of carbonyl (C=O) groups is 1. The Kier molecular flexibility index (Phi) is 4.79. The summed E-state index contributed by atoms with van der Waals surface area (Å²) in [5.41, 5.74) is 7.37. The molecule has 1 saturated heterocycles. The number of amides is 1. The predicted octanol–water partition coefficient (Wildman–Crippen LogP) is 1.83. The number of nitrogen functional groups attached to an aromatic ring is 1. The van der Waals surface area contributed by atoms with Crippen LogP contribution in [0.4, 0.5) is 5.69 Å². The summed E-state index contributed by atoms with van der Waals surface area (Å²) in [5.74, 6) is 0.103. The standard InChI is InChI=1S/C16H23N3O/c1-18(2)12-15-4-3-11-19(15)16(20)10-7-13-5-8-14(17)9-6-13/h5-10,15H,3-4,11-12,17H2,1-2H3/b10-7+. The van der Waals surface area contributed by atoms with Crippen molar-refractivity contribution in [2.45, 2.75) is 18.9 Å². The lowest BCUT2D eigenvalue weighted by Crippen LogP contribution is -2.40. The number of benzene rings is 1. The molecule has 0 aromatic heterocycles. The topological polar surface area (TPSA) is 49.6 Å². The van der Waals surface area contributed by atoms with Crippen LogP contribution in [0.15, 0.2) is 30.3 Å². The van der Waals surface area contributed by atoms with Gasteiger partial charge in [0.2, 0.25) is 5.91 Å². The van der Waals surface area contributed by atoms with Gasteiger partial charge in [0.05, 0.1) is 0 Å². The molecule has 4 nitrogen and oxygen atoms in total. The van der Waals surface area contributed by atoms with Gasteiger partial charge >= 0.3 is 0 Å². The molecular weight excluding hydrogens is 250 g/mol. The zero-order valence-electron chi connectivity index (χ0n) is 12.2. The SMILES string of the molecule is CN(C)CC1CCCN1C(=O)/C=C/c1ccc(N)cc1. The van der Waals surface area contributed by atoms with Crippen LogP contribution in [-0.2, 0) is 4.79 Å². The van der Waals surface area contributed by atoms with Gasteiger partial charge in [0.1, 0.15) is 0 Å². The maximum atomic E-state index is 12.3. The summed E-state index contributed by atoms with van der Waals surface area (Å²) in [5, 5.41) is 0. The summed E-state index contributed by atoms with van der Waals surface area (Å²) in [4.78, 5) is 16.4. The second-order valence-corrected chi connectivity index (χ2v) is 5.59. The highest BCUT2D eigenvalue weighted by atomic mass is 16.2. The number of rotatable bonds is 4. The molecule has 1 aromatic carbocycles. The molecule has 1 fully saturated rings. The van der Waals surface area contributed by atoms with Gasteiger partial charge in [-0.1, -0.05) is 12.1 Å². The van der Waals surface area contributed by atoms with Crippen LogP contribution < -0.4 is 5.73 Å². The predicted molar refractivity (Wildman–Crippen MR) is 83.2 cm³/mol. The Morgan fingerprint density at radius 2 is 2.10 bits per heavy atom. The Morgan fingerprint density at radius 3 is 2.75 bits per heavy atom. The zero-order chi connectivity index (χ0) is 14.5. The smallest absolute Gasteiger partial charge is 0.246 e. The molecule has 0 radical (unpaired) electrons. The number of nitrogens with zero attached hydrogens (tertiary/aromatic N) is 2. The molecule has 108 valence electrons. The Balaban J connectivity index is 1.98. The lowest BCUT2D eigenvalue weighted by Gasteiger charge is -2.26. The van der Waals surface area contributed by atoms with Crippen molar-refractivity contribution in [1.29, 1.82) is 0 Å². The lowest BCUT2D eigenvalue weighted by atomic mass is 10.2. The molecule has 1 amide bonds. The summed E-state index contributed by atoms with van der Waals surface area (Å²) < 4.78 is 0. The number of likely N-dealkylation sites (tertiary alicyclic amines) is 1. The van der Waals surface area contributed by atoms with Gasteiger partial charge in [-0.3, -0.25) is 4.79 Å². The van der Waals surface area contributed by atoms with Crippen LogP contribution in [-0.4, -0.2) is 48.9 Å². The minimum atomic E-state index is 0.103. The third kappa shape index (κ3) is 3.84. The quantitative estimate of drug-likeness (QED) is 0.672. The Labute approximate surface area is 120 Å². The van der Waals surface area contributed by atoms with E-state index < -0.39 is 0 Å². The Hall–Kier alpha value is -1.81. The number of anilines is 1. The molecule has 1 aliphatic rings. The van der Waals surface area contributed by atoms with Gasteiger partial charge in [-0.05, 0) is 50.7 Å². The van der Waals surface area contributed by atoms with E-state index in [0.29, 0.717) is 6.04 Å². The Morgan fingerprint density at radius 1 is 1.40 bits per heavy atom. The molecule has 4 heteroatoms. The summed E-state index contributed by atoms with van der Waals surface area (Å²) >= 11 is 0. The third-order valence-corrected chi connectivity index (χ3v) is 3.59. The fourth-order valence-corrected chi connectivity index (χ4v) is 2.61. The van der Waals surface area contributed by atoms with Crippen molar-refractivity contribution >= 4 is 17.7 Å². The largest absolute Gasteiger partial charge is 0.399 e. The molecule has 2 rings (SSSR count). The van der Waals surface area contributed by atoms with Crippen molar-refractivity contribution in [2.24, 2.45) is 0 Å². The first-order chi connectivity index (χ1) is 9.56. The van der Waals surface area contributed by atoms with E-state index in [-0.39, 0.29) is 5.91 Å². The van der Waals surface area contributed by atoms with E-state index in [2.05, 4.69) is 4.90 Å². The molecule has 0 aliphatic carbocycles. The van der Waals surface area contributed by atoms with E-state index in [1.165, 1.54) is 0 Å². The zero-order valence-corrected chi connectivity index (χ0v) is 12.2. The van der Waals surface area contributed by atoms with Crippen LogP contribution in [0, 0.1) is 0 Å². The molecule has 1 heterocycles. The maximum Gasteiger partial charge on any atom is 0.246 e. The average Bonchev–Trinajstić information content (AvgIpc) is 2.85. The van der Waals surface area contributed by atoms with Crippen molar-refractivity contribution in [2.75, 3.05) is 32.9 Å². The second kappa shape index (κ2) is 6.57. The van der Waals surface area contributed by atoms with Crippen molar-refractivity contribution in [1.82, 2.24) is 9.80 Å². The average molecular weight is 273 g/mol. The number of likely N-dealkylation sites (N-methyl/N-ethyl adjacent to an activating group) is 1. The molecule has 1 aromatic rings. The van der Waals surface area contributed by atoms with Crippen molar-refractivity contribution < 1.29 is 4.79 Å². The van der Waals surface area contributed by atoms with Crippen molar-refractivity contribution in [3.8, 4) is 0 Å². The highest BCUT2D eigenvalue weighted by molar-refractivity contribution is 5.92. The van der Waals surface area contributed by atoms with Gasteiger partial charge in [-0.25, -0.2) is 0 Å². The molecular formula is C16H23N3O. The van der Waals surface area contributed by atoms with Crippen LogP contribution in [0.25, 0.3) is 6.08 Å². The second-order valence-electron chi connectivity index (χ2n) is 5.59. The van der Waals surface area contributed by atoms with E-state index in [4.69, 9.17) is 5.73 Å². The minimum absolute atomic E-state index is 0.103. The van der Waals surface area contributed by atoms with E-state index in [1.54, 1.807) is 6.08 Å². The summed E-state index contributed by atoms with van der Waals surface area (Å²) in [6.45, 7) is 1.80. The number of carbonyl (C=O) groups excluding carboxylic acids is 1. The summed E-state index contributed by atoms with van der Waals surface area (Å²) in [7, 11) is 4.09. The molecule has 1 atom stereocenters. The normalized spacial score (nSPS) is 19.1. The number of hydrogen-bond donors (Lipinski definition) is 1. The lowest BCUT2D eigenvalue weighted by molar-refractivity contribution is -0.126. The van der Waals surface area contributed by atoms with Crippen LogP contribution in [0.3, 0.4) is 0 Å². The molecule has 20 heavy (non-hydrogen) atoms. The summed E-state index contributed by atoms with van der Waals surface area (Å²) in [6, 6.07) is 7.86. The van der Waals surface area contributed by atoms with Gasteiger partial charge in [-0.15, -0.1) is 0 Å². The van der Waals surface area contributed by atoms with Crippen molar-refractivity contribution in [3.05, 3.63) is 35.9 Å².